The first-order valence-corrected chi connectivity index (χ1v) is 16.6. The summed E-state index contributed by atoms with van der Waals surface area (Å²) in [5.74, 6) is 0.411. The SMILES string of the molecule is C=CCOc1[c]([Sn]([CH2]CCC)([CH2]CCC)[CH2]CCC)c(=O)c1=O. The van der Waals surface area contributed by atoms with E-state index in [1.807, 2.05) is 0 Å². The Labute approximate surface area is 144 Å². The summed E-state index contributed by atoms with van der Waals surface area (Å²) in [6, 6.07) is 0. The molecular weight excluding hydrogens is 395 g/mol. The molecule has 0 atom stereocenters. The van der Waals surface area contributed by atoms with Crippen molar-refractivity contribution in [2.24, 2.45) is 0 Å². The van der Waals surface area contributed by atoms with E-state index in [4.69, 9.17) is 4.74 Å². The molecule has 0 fully saturated rings. The van der Waals surface area contributed by atoms with Crippen molar-refractivity contribution in [2.45, 2.75) is 72.6 Å². The molecule has 4 heteroatoms. The Morgan fingerprint density at radius 1 is 0.913 bits per heavy atom. The van der Waals surface area contributed by atoms with Gasteiger partial charge in [-0.05, 0) is 0 Å². The van der Waals surface area contributed by atoms with Gasteiger partial charge in [-0.3, -0.25) is 0 Å². The third kappa shape index (κ3) is 4.94. The molecule has 0 radical (unpaired) electrons. The number of ether oxygens (including phenoxy) is 1. The Kier molecular flexibility index (Phi) is 9.18. The van der Waals surface area contributed by atoms with Gasteiger partial charge in [0.2, 0.25) is 0 Å². The molecule has 130 valence electrons. The van der Waals surface area contributed by atoms with Crippen LogP contribution in [0.1, 0.15) is 59.3 Å². The van der Waals surface area contributed by atoms with E-state index >= 15 is 0 Å². The Morgan fingerprint density at radius 3 is 1.78 bits per heavy atom. The molecule has 1 aromatic carbocycles. The zero-order chi connectivity index (χ0) is 17.3. The van der Waals surface area contributed by atoms with Crippen molar-refractivity contribution in [3.63, 3.8) is 0 Å². The molecule has 0 saturated carbocycles. The first kappa shape index (κ1) is 20.5. The predicted molar refractivity (Wildman–Crippen MR) is 102 cm³/mol. The Balaban J connectivity index is 3.24. The van der Waals surface area contributed by atoms with Crippen LogP contribution in [-0.2, 0) is 0 Å². The van der Waals surface area contributed by atoms with Crippen LogP contribution in [0.5, 0.6) is 5.75 Å². The van der Waals surface area contributed by atoms with Gasteiger partial charge in [-0.15, -0.1) is 0 Å². The summed E-state index contributed by atoms with van der Waals surface area (Å²) in [5.41, 5.74) is -0.615. The number of unbranched alkanes of at least 4 members (excludes halogenated alkanes) is 3. The van der Waals surface area contributed by atoms with Gasteiger partial charge < -0.3 is 0 Å². The van der Waals surface area contributed by atoms with E-state index in [1.54, 1.807) is 6.08 Å². The summed E-state index contributed by atoms with van der Waals surface area (Å²) in [6.07, 6.45) is 8.59. The fraction of sp³-hybridized carbons (Fsp3) is 0.684. The van der Waals surface area contributed by atoms with Crippen molar-refractivity contribution in [3.8, 4) is 5.75 Å². The van der Waals surface area contributed by atoms with Crippen LogP contribution in [0.15, 0.2) is 22.2 Å². The standard InChI is InChI=1S/C7H5O3.3C4H9.Sn/c1-2-3-10-6-4-5(8)7(6)9;3*1-3-4-2;/h2H,1,3H2;3*1,3-4H2,2H3;. The summed E-state index contributed by atoms with van der Waals surface area (Å²) >= 11 is -2.85. The van der Waals surface area contributed by atoms with Crippen LogP contribution in [0.2, 0.25) is 13.3 Å². The number of hydrogen-bond acceptors (Lipinski definition) is 3. The zero-order valence-electron chi connectivity index (χ0n) is 15.1. The van der Waals surface area contributed by atoms with Crippen molar-refractivity contribution in [1.29, 1.82) is 0 Å². The fourth-order valence-electron chi connectivity index (χ4n) is 3.43. The molecule has 1 rings (SSSR count). The maximum absolute atomic E-state index is 12.4. The predicted octanol–water partition coefficient (Wildman–Crippen LogP) is 3.90. The van der Waals surface area contributed by atoms with Gasteiger partial charge in [0.1, 0.15) is 0 Å². The van der Waals surface area contributed by atoms with E-state index in [-0.39, 0.29) is 5.43 Å². The van der Waals surface area contributed by atoms with E-state index in [1.165, 1.54) is 32.6 Å². The molecule has 0 aromatic heterocycles. The molecule has 0 heterocycles. The fourth-order valence-corrected chi connectivity index (χ4v) is 20.1. The van der Waals surface area contributed by atoms with Gasteiger partial charge in [-0.25, -0.2) is 0 Å². The van der Waals surface area contributed by atoms with Crippen LogP contribution >= 0.6 is 0 Å². The summed E-state index contributed by atoms with van der Waals surface area (Å²) < 4.78 is 10.0. The van der Waals surface area contributed by atoms with Crippen LogP contribution < -0.4 is 19.2 Å². The van der Waals surface area contributed by atoms with Gasteiger partial charge in [-0.2, -0.15) is 0 Å². The third-order valence-corrected chi connectivity index (χ3v) is 20.3. The third-order valence-electron chi connectivity index (χ3n) is 4.77. The minimum atomic E-state index is -2.85. The van der Waals surface area contributed by atoms with Gasteiger partial charge in [-0.1, -0.05) is 0 Å². The molecule has 0 aliphatic carbocycles. The molecule has 0 saturated heterocycles. The van der Waals surface area contributed by atoms with Crippen LogP contribution in [0, 0.1) is 0 Å². The van der Waals surface area contributed by atoms with Crippen LogP contribution in [0.3, 0.4) is 0 Å². The molecule has 0 unspecified atom stereocenters. The zero-order valence-corrected chi connectivity index (χ0v) is 17.9. The monoisotopic (exact) mass is 428 g/mol. The van der Waals surface area contributed by atoms with E-state index in [9.17, 15) is 9.59 Å². The molecule has 0 amide bonds. The molecule has 0 spiro atoms. The van der Waals surface area contributed by atoms with Gasteiger partial charge in [0.25, 0.3) is 0 Å². The van der Waals surface area contributed by atoms with Crippen LogP contribution in [0.25, 0.3) is 0 Å². The number of rotatable bonds is 13. The normalized spacial score (nSPS) is 11.8. The average Bonchev–Trinajstić information content (AvgIpc) is 2.58. The second kappa shape index (κ2) is 10.3. The van der Waals surface area contributed by atoms with Crippen molar-refractivity contribution in [1.82, 2.24) is 0 Å². The van der Waals surface area contributed by atoms with Crippen LogP contribution in [0.4, 0.5) is 0 Å². The molecule has 23 heavy (non-hydrogen) atoms. The molecule has 0 N–H and O–H groups in total. The van der Waals surface area contributed by atoms with Crippen molar-refractivity contribution >= 4 is 22.0 Å². The summed E-state index contributed by atoms with van der Waals surface area (Å²) in [5, 5.41) is 0. The second-order valence-corrected chi connectivity index (χ2v) is 19.6. The van der Waals surface area contributed by atoms with Crippen molar-refractivity contribution in [3.05, 3.63) is 33.1 Å². The minimum absolute atomic E-state index is 0.219. The van der Waals surface area contributed by atoms with E-state index in [0.717, 1.165) is 22.8 Å². The van der Waals surface area contributed by atoms with E-state index < -0.39 is 23.8 Å². The van der Waals surface area contributed by atoms with Gasteiger partial charge in [0.15, 0.2) is 0 Å². The van der Waals surface area contributed by atoms with Crippen LogP contribution in [-0.4, -0.2) is 25.0 Å². The Hall–Kier alpha value is -0.581. The van der Waals surface area contributed by atoms with Crippen molar-refractivity contribution < 1.29 is 4.74 Å². The molecule has 0 aliphatic rings. The van der Waals surface area contributed by atoms with E-state index in [2.05, 4.69) is 27.4 Å². The molecule has 0 bridgehead atoms. The number of hydrogen-bond donors (Lipinski definition) is 0. The first-order chi connectivity index (χ1) is 11.1. The topological polar surface area (TPSA) is 43.4 Å². The van der Waals surface area contributed by atoms with Gasteiger partial charge in [0, 0.05) is 0 Å². The first-order valence-electron chi connectivity index (χ1n) is 9.15. The van der Waals surface area contributed by atoms with E-state index in [0.29, 0.717) is 12.4 Å². The average molecular weight is 427 g/mol. The second-order valence-electron chi connectivity index (χ2n) is 6.55. The quantitative estimate of drug-likeness (QED) is 0.273. The van der Waals surface area contributed by atoms with Gasteiger partial charge >= 0.3 is 145 Å². The summed E-state index contributed by atoms with van der Waals surface area (Å²) in [4.78, 5) is 24.4. The summed E-state index contributed by atoms with van der Waals surface area (Å²) in [6.45, 7) is 10.6. The maximum atomic E-state index is 12.4. The van der Waals surface area contributed by atoms with Crippen molar-refractivity contribution in [2.75, 3.05) is 6.61 Å². The Morgan fingerprint density at radius 2 is 1.39 bits per heavy atom. The van der Waals surface area contributed by atoms with Gasteiger partial charge in [0.05, 0.1) is 0 Å². The summed E-state index contributed by atoms with van der Waals surface area (Å²) in [7, 11) is 0. The Bertz CT molecular complexity index is 533. The molecular formula is C19H32O3Sn. The molecule has 3 nitrogen and oxygen atoms in total. The molecule has 0 aliphatic heterocycles. The molecule has 1 aromatic rings.